The van der Waals surface area contributed by atoms with E-state index in [9.17, 15) is 14.0 Å². The Kier molecular flexibility index (Phi) is 4.60. The number of aromatic nitrogens is 4. The van der Waals surface area contributed by atoms with Gasteiger partial charge in [-0.2, -0.15) is 0 Å². The van der Waals surface area contributed by atoms with Gasteiger partial charge in [0.1, 0.15) is 5.82 Å². The number of rotatable bonds is 4. The number of fused-ring (bicyclic) bond motifs is 1. The van der Waals surface area contributed by atoms with E-state index >= 15 is 0 Å². The molecule has 4 aromatic rings. The molecule has 2 aromatic carbocycles. The molecule has 4 rings (SSSR count). The average Bonchev–Trinajstić information content (AvgIpc) is 3.07. The summed E-state index contributed by atoms with van der Waals surface area (Å²) in [4.78, 5) is 30.2. The minimum absolute atomic E-state index is 0.198. The lowest BCUT2D eigenvalue weighted by molar-refractivity contribution is 0.623. The van der Waals surface area contributed by atoms with Crippen LogP contribution in [0, 0.1) is 5.82 Å². The molecule has 2 heterocycles. The number of imidazole rings is 1. The highest BCUT2D eigenvalue weighted by Gasteiger charge is 2.19. The topological polar surface area (TPSA) is 61.8 Å². The molecule has 2 aromatic heterocycles. The number of hydrogen-bond acceptors (Lipinski definition) is 3. The molecule has 0 unspecified atom stereocenters. The van der Waals surface area contributed by atoms with Gasteiger partial charge in [-0.15, -0.1) is 0 Å². The van der Waals surface area contributed by atoms with Crippen molar-refractivity contribution in [3.05, 3.63) is 92.1 Å². The standard InChI is InChI=1S/C20H16ClFN4O2/c1-2-25-19(27)17-18(26(20(25)28)16-9-4-3-8-15(16)21)23-12-24(17)11-13-6-5-7-14(22)10-13/h3-10,12H,2,11H2,1H3. The van der Waals surface area contributed by atoms with Crippen LogP contribution in [0.25, 0.3) is 16.9 Å². The summed E-state index contributed by atoms with van der Waals surface area (Å²) in [7, 11) is 0. The van der Waals surface area contributed by atoms with Gasteiger partial charge in [-0.25, -0.2) is 18.7 Å². The maximum atomic E-state index is 13.5. The van der Waals surface area contributed by atoms with Crippen LogP contribution < -0.4 is 11.2 Å². The highest BCUT2D eigenvalue weighted by molar-refractivity contribution is 6.32. The molecule has 0 aliphatic rings. The van der Waals surface area contributed by atoms with E-state index in [1.165, 1.54) is 23.0 Å². The lowest BCUT2D eigenvalue weighted by Gasteiger charge is -2.12. The van der Waals surface area contributed by atoms with Crippen molar-refractivity contribution >= 4 is 22.8 Å². The van der Waals surface area contributed by atoms with Crippen LogP contribution in [0.1, 0.15) is 12.5 Å². The Morgan fingerprint density at radius 3 is 2.61 bits per heavy atom. The van der Waals surface area contributed by atoms with Crippen LogP contribution in [0.2, 0.25) is 5.02 Å². The molecule has 0 saturated carbocycles. The van der Waals surface area contributed by atoms with Crippen molar-refractivity contribution < 1.29 is 4.39 Å². The van der Waals surface area contributed by atoms with Gasteiger partial charge < -0.3 is 4.57 Å². The molecule has 0 bridgehead atoms. The molecule has 0 fully saturated rings. The molecule has 0 radical (unpaired) electrons. The molecule has 0 atom stereocenters. The summed E-state index contributed by atoms with van der Waals surface area (Å²) in [6.45, 7) is 2.16. The molecule has 8 heteroatoms. The van der Waals surface area contributed by atoms with Crippen molar-refractivity contribution in [1.82, 2.24) is 18.7 Å². The van der Waals surface area contributed by atoms with Crippen LogP contribution in [0.3, 0.4) is 0 Å². The van der Waals surface area contributed by atoms with Gasteiger partial charge in [0.25, 0.3) is 5.56 Å². The summed E-state index contributed by atoms with van der Waals surface area (Å²) in [5.74, 6) is -0.360. The van der Waals surface area contributed by atoms with E-state index in [2.05, 4.69) is 4.98 Å². The monoisotopic (exact) mass is 398 g/mol. The van der Waals surface area contributed by atoms with Crippen molar-refractivity contribution in [2.24, 2.45) is 0 Å². The van der Waals surface area contributed by atoms with Gasteiger partial charge in [-0.05, 0) is 36.8 Å². The zero-order valence-electron chi connectivity index (χ0n) is 15.0. The third-order valence-electron chi connectivity index (χ3n) is 4.55. The van der Waals surface area contributed by atoms with Crippen molar-refractivity contribution in [3.8, 4) is 5.69 Å². The highest BCUT2D eigenvalue weighted by Crippen LogP contribution is 2.21. The summed E-state index contributed by atoms with van der Waals surface area (Å²) in [5, 5.41) is 0.367. The van der Waals surface area contributed by atoms with E-state index in [-0.39, 0.29) is 30.1 Å². The zero-order valence-corrected chi connectivity index (χ0v) is 15.7. The first-order valence-corrected chi connectivity index (χ1v) is 9.09. The lowest BCUT2D eigenvalue weighted by atomic mass is 10.2. The quantitative estimate of drug-likeness (QED) is 0.530. The summed E-state index contributed by atoms with van der Waals surface area (Å²) in [5.41, 5.74) is 0.633. The third-order valence-corrected chi connectivity index (χ3v) is 4.87. The molecular formula is C20H16ClFN4O2. The van der Waals surface area contributed by atoms with Crippen LogP contribution in [0.15, 0.2) is 64.4 Å². The first kappa shape index (κ1) is 18.2. The van der Waals surface area contributed by atoms with Crippen LogP contribution in [-0.2, 0) is 13.1 Å². The first-order chi connectivity index (χ1) is 13.5. The molecule has 0 saturated heterocycles. The van der Waals surface area contributed by atoms with Gasteiger partial charge >= 0.3 is 5.69 Å². The SMILES string of the molecule is CCn1c(=O)c2c(ncn2Cc2cccc(F)c2)n(-c2ccccc2Cl)c1=O. The maximum absolute atomic E-state index is 13.5. The number of hydrogen-bond donors (Lipinski definition) is 0. The Hall–Kier alpha value is -3.19. The van der Waals surface area contributed by atoms with Crippen molar-refractivity contribution in [2.75, 3.05) is 0 Å². The van der Waals surface area contributed by atoms with Gasteiger partial charge in [0, 0.05) is 13.1 Å². The van der Waals surface area contributed by atoms with E-state index in [4.69, 9.17) is 11.6 Å². The largest absolute Gasteiger partial charge is 0.337 e. The lowest BCUT2D eigenvalue weighted by Crippen LogP contribution is -2.39. The van der Waals surface area contributed by atoms with Crippen LogP contribution in [0.4, 0.5) is 4.39 Å². The van der Waals surface area contributed by atoms with E-state index in [1.54, 1.807) is 47.9 Å². The Balaban J connectivity index is 2.02. The second-order valence-corrected chi connectivity index (χ2v) is 6.70. The predicted molar refractivity (Wildman–Crippen MR) is 106 cm³/mol. The minimum Gasteiger partial charge on any atom is -0.320 e. The second kappa shape index (κ2) is 7.09. The fraction of sp³-hybridized carbons (Fsp3) is 0.150. The molecule has 0 N–H and O–H groups in total. The smallest absolute Gasteiger partial charge is 0.320 e. The van der Waals surface area contributed by atoms with Crippen LogP contribution in [-0.4, -0.2) is 18.7 Å². The van der Waals surface area contributed by atoms with Gasteiger partial charge in [0.2, 0.25) is 0 Å². The Bertz CT molecular complexity index is 1310. The number of benzene rings is 2. The summed E-state index contributed by atoms with van der Waals surface area (Å²) in [6.07, 6.45) is 1.48. The third kappa shape index (κ3) is 2.93. The molecule has 0 spiro atoms. The number of para-hydroxylation sites is 1. The van der Waals surface area contributed by atoms with Gasteiger partial charge in [-0.3, -0.25) is 9.36 Å². The molecule has 6 nitrogen and oxygen atoms in total. The van der Waals surface area contributed by atoms with Crippen LogP contribution >= 0.6 is 11.6 Å². The maximum Gasteiger partial charge on any atom is 0.337 e. The summed E-state index contributed by atoms with van der Waals surface area (Å²) < 4.78 is 17.6. The van der Waals surface area contributed by atoms with E-state index in [1.807, 2.05) is 0 Å². The first-order valence-electron chi connectivity index (χ1n) is 8.71. The molecule has 142 valence electrons. The average molecular weight is 399 g/mol. The Morgan fingerprint density at radius 1 is 1.11 bits per heavy atom. The summed E-state index contributed by atoms with van der Waals surface area (Å²) >= 11 is 6.30. The van der Waals surface area contributed by atoms with Gasteiger partial charge in [0.15, 0.2) is 11.2 Å². The normalized spacial score (nSPS) is 11.2. The zero-order chi connectivity index (χ0) is 19.8. The molecule has 0 amide bonds. The summed E-state index contributed by atoms with van der Waals surface area (Å²) in [6, 6.07) is 13.0. The fourth-order valence-electron chi connectivity index (χ4n) is 3.26. The molecule has 28 heavy (non-hydrogen) atoms. The Morgan fingerprint density at radius 2 is 1.89 bits per heavy atom. The molecular weight excluding hydrogens is 383 g/mol. The van der Waals surface area contributed by atoms with Crippen molar-refractivity contribution in [2.45, 2.75) is 20.0 Å². The molecule has 0 aliphatic carbocycles. The second-order valence-electron chi connectivity index (χ2n) is 6.29. The van der Waals surface area contributed by atoms with Crippen molar-refractivity contribution in [3.63, 3.8) is 0 Å². The predicted octanol–water partition coefficient (Wildman–Crippen LogP) is 3.21. The minimum atomic E-state index is -0.510. The van der Waals surface area contributed by atoms with E-state index in [0.29, 0.717) is 16.3 Å². The van der Waals surface area contributed by atoms with E-state index < -0.39 is 11.2 Å². The van der Waals surface area contributed by atoms with E-state index in [0.717, 1.165) is 4.57 Å². The van der Waals surface area contributed by atoms with Crippen molar-refractivity contribution in [1.29, 1.82) is 0 Å². The fourth-order valence-corrected chi connectivity index (χ4v) is 3.48. The number of halogens is 2. The van der Waals surface area contributed by atoms with Gasteiger partial charge in [-0.1, -0.05) is 35.9 Å². The Labute approximate surface area is 164 Å². The van der Waals surface area contributed by atoms with Crippen LogP contribution in [0.5, 0.6) is 0 Å². The molecule has 0 aliphatic heterocycles. The van der Waals surface area contributed by atoms with Gasteiger partial charge in [0.05, 0.1) is 17.0 Å². The highest BCUT2D eigenvalue weighted by atomic mass is 35.5. The number of nitrogens with zero attached hydrogens (tertiary/aromatic N) is 4.